The number of hydrogen-bond donors (Lipinski definition) is 0. The van der Waals surface area contributed by atoms with E-state index in [-0.39, 0.29) is 5.56 Å². The number of thioether (sulfide) groups is 1. The summed E-state index contributed by atoms with van der Waals surface area (Å²) < 4.78 is 40.7. The van der Waals surface area contributed by atoms with Gasteiger partial charge in [0.25, 0.3) is 5.91 Å². The molecule has 2 aromatic carbocycles. The average molecular weight is 404 g/mol. The van der Waals surface area contributed by atoms with E-state index in [0.717, 1.165) is 23.3 Å². The number of fused-ring (bicyclic) bond motifs is 1. The number of alkyl halides is 3. The summed E-state index contributed by atoms with van der Waals surface area (Å²) in [6.45, 7) is 2.26. The van der Waals surface area contributed by atoms with E-state index in [1.165, 1.54) is 28.9 Å². The van der Waals surface area contributed by atoms with Crippen LogP contribution in [0.5, 0.6) is 0 Å². The molecule has 0 aliphatic carbocycles. The minimum Gasteiger partial charge on any atom is -0.267 e. The second kappa shape index (κ2) is 6.97. The first-order valence-corrected chi connectivity index (χ1v) is 9.48. The number of nitrogens with zero attached hydrogens (tertiary/aromatic N) is 4. The van der Waals surface area contributed by atoms with Crippen LogP contribution < -0.4 is 5.01 Å². The van der Waals surface area contributed by atoms with Crippen molar-refractivity contribution in [3.63, 3.8) is 0 Å². The van der Waals surface area contributed by atoms with Crippen molar-refractivity contribution in [1.29, 1.82) is 0 Å². The van der Waals surface area contributed by atoms with Gasteiger partial charge in [-0.25, -0.2) is 9.69 Å². The minimum absolute atomic E-state index is 0.0305. The predicted molar refractivity (Wildman–Crippen MR) is 99.8 cm³/mol. The van der Waals surface area contributed by atoms with Crippen molar-refractivity contribution in [2.45, 2.75) is 18.3 Å². The molecule has 2 heterocycles. The molecule has 0 unspecified atom stereocenters. The van der Waals surface area contributed by atoms with Gasteiger partial charge in [0, 0.05) is 16.9 Å². The molecule has 0 spiro atoms. The van der Waals surface area contributed by atoms with Crippen LogP contribution in [-0.2, 0) is 6.18 Å². The van der Waals surface area contributed by atoms with Crippen molar-refractivity contribution in [1.82, 2.24) is 14.9 Å². The summed E-state index contributed by atoms with van der Waals surface area (Å²) in [5.41, 5.74) is 0.885. The van der Waals surface area contributed by atoms with E-state index in [2.05, 4.69) is 10.2 Å². The van der Waals surface area contributed by atoms with E-state index in [1.807, 2.05) is 31.2 Å². The van der Waals surface area contributed by atoms with E-state index in [1.54, 1.807) is 4.68 Å². The molecule has 0 atom stereocenters. The molecule has 4 rings (SSSR count). The van der Waals surface area contributed by atoms with Crippen molar-refractivity contribution >= 4 is 17.7 Å². The van der Waals surface area contributed by atoms with Gasteiger partial charge < -0.3 is 0 Å². The Morgan fingerprint density at radius 3 is 2.64 bits per heavy atom. The highest BCUT2D eigenvalue weighted by atomic mass is 32.2. The van der Waals surface area contributed by atoms with Gasteiger partial charge in [-0.2, -0.15) is 13.2 Å². The quantitative estimate of drug-likeness (QED) is 0.644. The van der Waals surface area contributed by atoms with Crippen LogP contribution in [0.25, 0.3) is 11.4 Å². The fourth-order valence-corrected chi connectivity index (χ4v) is 3.91. The Bertz CT molecular complexity index is 1050. The average Bonchev–Trinajstić information content (AvgIpc) is 3.11. The van der Waals surface area contributed by atoms with Gasteiger partial charge in [-0.05, 0) is 30.7 Å². The summed E-state index contributed by atoms with van der Waals surface area (Å²) in [4.78, 5) is 13.1. The lowest BCUT2D eigenvalue weighted by atomic mass is 10.1. The number of carbonyl (C=O) groups is 1. The highest BCUT2D eigenvalue weighted by Gasteiger charge is 2.33. The topological polar surface area (TPSA) is 51.0 Å². The molecule has 0 N–H and O–H groups in total. The lowest BCUT2D eigenvalue weighted by Crippen LogP contribution is -2.45. The normalized spacial score (nSPS) is 14.1. The lowest BCUT2D eigenvalue weighted by molar-refractivity contribution is -0.137. The van der Waals surface area contributed by atoms with Crippen LogP contribution in [0, 0.1) is 6.92 Å². The van der Waals surface area contributed by atoms with Crippen LogP contribution in [-0.4, -0.2) is 33.1 Å². The molecule has 28 heavy (non-hydrogen) atoms. The second-order valence-electron chi connectivity index (χ2n) is 6.29. The third-order valence-electron chi connectivity index (χ3n) is 4.45. The Hall–Kier alpha value is -2.81. The first kappa shape index (κ1) is 18.5. The SMILES string of the molecule is Cc1ccccc1-c1nnc2n1N(C(=O)c1cccc(C(F)(F)F)c1)CCS2. The molecule has 0 saturated heterocycles. The zero-order valence-corrected chi connectivity index (χ0v) is 15.6. The molecule has 1 aliphatic heterocycles. The minimum atomic E-state index is -4.51. The maximum absolute atomic E-state index is 13.1. The number of aromatic nitrogens is 3. The highest BCUT2D eigenvalue weighted by Crippen LogP contribution is 2.32. The molecule has 5 nitrogen and oxygen atoms in total. The Labute approximate surface area is 163 Å². The third kappa shape index (κ3) is 3.26. The van der Waals surface area contributed by atoms with Crippen LogP contribution in [0.2, 0.25) is 0 Å². The van der Waals surface area contributed by atoms with Gasteiger partial charge in [0.15, 0.2) is 5.82 Å². The third-order valence-corrected chi connectivity index (χ3v) is 5.34. The molecule has 0 fully saturated rings. The van der Waals surface area contributed by atoms with Crippen molar-refractivity contribution in [2.75, 3.05) is 17.3 Å². The molecule has 0 bridgehead atoms. The number of hydrogen-bond acceptors (Lipinski definition) is 4. The smallest absolute Gasteiger partial charge is 0.267 e. The molecular weight excluding hydrogens is 389 g/mol. The summed E-state index contributed by atoms with van der Waals surface area (Å²) in [7, 11) is 0. The van der Waals surface area contributed by atoms with Crippen molar-refractivity contribution < 1.29 is 18.0 Å². The van der Waals surface area contributed by atoms with Crippen LogP contribution >= 0.6 is 11.8 Å². The zero-order valence-electron chi connectivity index (χ0n) is 14.8. The van der Waals surface area contributed by atoms with Crippen LogP contribution in [0.3, 0.4) is 0 Å². The monoisotopic (exact) mass is 404 g/mol. The summed E-state index contributed by atoms with van der Waals surface area (Å²) in [6, 6.07) is 12.0. The van der Waals surface area contributed by atoms with E-state index < -0.39 is 17.6 Å². The first-order chi connectivity index (χ1) is 13.4. The Morgan fingerprint density at radius 2 is 1.89 bits per heavy atom. The van der Waals surface area contributed by atoms with E-state index >= 15 is 0 Å². The summed E-state index contributed by atoms with van der Waals surface area (Å²) in [6.07, 6.45) is -4.51. The lowest BCUT2D eigenvalue weighted by Gasteiger charge is -2.29. The molecular formula is C19H15F3N4OS. The predicted octanol–water partition coefficient (Wildman–Crippen LogP) is 4.16. The van der Waals surface area contributed by atoms with Crippen LogP contribution in [0.1, 0.15) is 21.5 Å². The summed E-state index contributed by atoms with van der Waals surface area (Å²) >= 11 is 1.45. The van der Waals surface area contributed by atoms with E-state index in [0.29, 0.717) is 23.3 Å². The Balaban J connectivity index is 1.78. The van der Waals surface area contributed by atoms with Gasteiger partial charge >= 0.3 is 6.18 Å². The fraction of sp³-hybridized carbons (Fsp3) is 0.211. The summed E-state index contributed by atoms with van der Waals surface area (Å²) in [5, 5.41) is 10.3. The van der Waals surface area contributed by atoms with Gasteiger partial charge in [0.05, 0.1) is 12.1 Å². The Kier molecular flexibility index (Phi) is 4.62. The number of carbonyl (C=O) groups excluding carboxylic acids is 1. The zero-order chi connectivity index (χ0) is 19.9. The molecule has 0 radical (unpaired) electrons. The summed E-state index contributed by atoms with van der Waals surface area (Å²) in [5.74, 6) is 0.541. The molecule has 144 valence electrons. The second-order valence-corrected chi connectivity index (χ2v) is 7.35. The largest absolute Gasteiger partial charge is 0.416 e. The van der Waals surface area contributed by atoms with Crippen molar-refractivity contribution in [3.8, 4) is 11.4 Å². The molecule has 9 heteroatoms. The van der Waals surface area contributed by atoms with E-state index in [4.69, 9.17) is 0 Å². The fourth-order valence-electron chi connectivity index (χ4n) is 3.06. The van der Waals surface area contributed by atoms with Gasteiger partial charge in [-0.15, -0.1) is 10.2 Å². The van der Waals surface area contributed by atoms with Gasteiger partial charge in [0.2, 0.25) is 5.16 Å². The van der Waals surface area contributed by atoms with Crippen molar-refractivity contribution in [2.24, 2.45) is 0 Å². The molecule has 1 amide bonds. The molecule has 1 aliphatic rings. The van der Waals surface area contributed by atoms with Crippen LogP contribution in [0.15, 0.2) is 53.7 Å². The number of halogens is 3. The molecule has 3 aromatic rings. The number of benzene rings is 2. The maximum Gasteiger partial charge on any atom is 0.416 e. The van der Waals surface area contributed by atoms with Gasteiger partial charge in [-0.1, -0.05) is 42.1 Å². The van der Waals surface area contributed by atoms with Gasteiger partial charge in [0.1, 0.15) is 0 Å². The highest BCUT2D eigenvalue weighted by molar-refractivity contribution is 7.99. The standard InChI is InChI=1S/C19H15F3N4OS/c1-12-5-2-3-8-15(12)16-23-24-18-26(16)25(9-10-28-18)17(27)13-6-4-7-14(11-13)19(20,21)22/h2-8,11H,9-10H2,1H3. The first-order valence-electron chi connectivity index (χ1n) is 8.50. The van der Waals surface area contributed by atoms with E-state index in [9.17, 15) is 18.0 Å². The molecule has 0 saturated carbocycles. The number of rotatable bonds is 2. The molecule has 1 aromatic heterocycles. The number of aryl methyl sites for hydroxylation is 1. The maximum atomic E-state index is 13.1. The Morgan fingerprint density at radius 1 is 1.11 bits per heavy atom. The number of amides is 1. The van der Waals surface area contributed by atoms with Crippen molar-refractivity contribution in [3.05, 3.63) is 65.2 Å². The van der Waals surface area contributed by atoms with Gasteiger partial charge in [-0.3, -0.25) is 4.79 Å². The van der Waals surface area contributed by atoms with Crippen LogP contribution in [0.4, 0.5) is 13.2 Å².